The normalized spacial score (nSPS) is 15.7. The van der Waals surface area contributed by atoms with Gasteiger partial charge in [-0.05, 0) is 47.9 Å². The predicted octanol–water partition coefficient (Wildman–Crippen LogP) is 4.81. The summed E-state index contributed by atoms with van der Waals surface area (Å²) in [6, 6.07) is 21.2. The van der Waals surface area contributed by atoms with E-state index in [4.69, 9.17) is 10.5 Å². The van der Waals surface area contributed by atoms with Crippen LogP contribution in [-0.2, 0) is 6.42 Å². The van der Waals surface area contributed by atoms with E-state index < -0.39 is 0 Å². The Hall–Kier alpha value is -2.65. The van der Waals surface area contributed by atoms with Crippen LogP contribution >= 0.6 is 0 Å². The van der Waals surface area contributed by atoms with Gasteiger partial charge in [0.05, 0.1) is 0 Å². The van der Waals surface area contributed by atoms with Gasteiger partial charge in [-0.1, -0.05) is 48.5 Å². The highest BCUT2D eigenvalue weighted by Crippen LogP contribution is 2.43. The minimum atomic E-state index is -0.235. The van der Waals surface area contributed by atoms with Crippen LogP contribution in [0.25, 0.3) is 22.3 Å². The summed E-state index contributed by atoms with van der Waals surface area (Å²) >= 11 is 0. The van der Waals surface area contributed by atoms with Gasteiger partial charge in [-0.15, -0.1) is 0 Å². The number of benzene rings is 3. The van der Waals surface area contributed by atoms with Crippen molar-refractivity contribution in [2.45, 2.75) is 18.9 Å². The first-order valence-corrected chi connectivity index (χ1v) is 8.60. The molecule has 3 heteroatoms. The van der Waals surface area contributed by atoms with Gasteiger partial charge >= 0.3 is 0 Å². The third kappa shape index (κ3) is 3.03. The fourth-order valence-corrected chi connectivity index (χ4v) is 3.46. The van der Waals surface area contributed by atoms with Crippen LogP contribution in [0.1, 0.15) is 12.0 Å². The Bertz CT molecular complexity index is 892. The molecule has 1 atom stereocenters. The average Bonchev–Trinajstić information content (AvgIpc) is 3.05. The van der Waals surface area contributed by atoms with Gasteiger partial charge < -0.3 is 10.5 Å². The summed E-state index contributed by atoms with van der Waals surface area (Å²) in [6.45, 7) is 0.583. The van der Waals surface area contributed by atoms with Crippen molar-refractivity contribution in [2.24, 2.45) is 5.73 Å². The van der Waals surface area contributed by atoms with Crippen molar-refractivity contribution in [3.05, 3.63) is 78.1 Å². The Morgan fingerprint density at radius 3 is 2.44 bits per heavy atom. The fourth-order valence-electron chi connectivity index (χ4n) is 3.46. The summed E-state index contributed by atoms with van der Waals surface area (Å²) in [5, 5.41) is 0. The van der Waals surface area contributed by atoms with Crippen molar-refractivity contribution >= 4 is 0 Å². The molecule has 1 heterocycles. The standard InChI is InChI=1S/C22H20FNO/c23-21-9-5-4-8-19(21)20-14-16(15-6-2-1-3-7-15)12-17-13-18(10-11-24)25-22(17)20/h1-9,12,14,18H,10-11,13,24H2. The van der Waals surface area contributed by atoms with Crippen LogP contribution in [0.15, 0.2) is 66.7 Å². The monoisotopic (exact) mass is 333 g/mol. The molecule has 25 heavy (non-hydrogen) atoms. The molecule has 4 rings (SSSR count). The lowest BCUT2D eigenvalue weighted by molar-refractivity contribution is 0.225. The first-order chi connectivity index (χ1) is 12.3. The van der Waals surface area contributed by atoms with E-state index in [2.05, 4.69) is 18.2 Å². The van der Waals surface area contributed by atoms with E-state index in [1.165, 1.54) is 6.07 Å². The molecule has 1 aliphatic heterocycles. The highest BCUT2D eigenvalue weighted by Gasteiger charge is 2.27. The molecular formula is C22H20FNO. The molecule has 0 saturated heterocycles. The van der Waals surface area contributed by atoms with Gasteiger partial charge in [-0.2, -0.15) is 0 Å². The summed E-state index contributed by atoms with van der Waals surface area (Å²) < 4.78 is 20.6. The number of nitrogens with two attached hydrogens (primary N) is 1. The molecule has 1 unspecified atom stereocenters. The lowest BCUT2D eigenvalue weighted by Gasteiger charge is -2.14. The first kappa shape index (κ1) is 15.9. The zero-order valence-corrected chi connectivity index (χ0v) is 13.9. The Labute approximate surface area is 147 Å². The average molecular weight is 333 g/mol. The number of fused-ring (bicyclic) bond motifs is 1. The summed E-state index contributed by atoms with van der Waals surface area (Å²) in [6.07, 6.45) is 1.68. The van der Waals surface area contributed by atoms with Crippen molar-refractivity contribution in [1.82, 2.24) is 0 Å². The predicted molar refractivity (Wildman–Crippen MR) is 99.1 cm³/mol. The minimum Gasteiger partial charge on any atom is -0.489 e. The molecular weight excluding hydrogens is 313 g/mol. The van der Waals surface area contributed by atoms with Crippen LogP contribution in [0.5, 0.6) is 5.75 Å². The molecule has 0 radical (unpaired) electrons. The van der Waals surface area contributed by atoms with E-state index in [1.807, 2.05) is 30.3 Å². The van der Waals surface area contributed by atoms with Gasteiger partial charge in [0.15, 0.2) is 0 Å². The van der Waals surface area contributed by atoms with E-state index >= 15 is 0 Å². The van der Waals surface area contributed by atoms with Crippen molar-refractivity contribution in [3.8, 4) is 28.0 Å². The Morgan fingerprint density at radius 1 is 0.920 bits per heavy atom. The number of rotatable bonds is 4. The quantitative estimate of drug-likeness (QED) is 0.743. The molecule has 3 aromatic carbocycles. The summed E-state index contributed by atoms with van der Waals surface area (Å²) in [5.74, 6) is 0.559. The largest absolute Gasteiger partial charge is 0.489 e. The van der Waals surface area contributed by atoms with E-state index in [-0.39, 0.29) is 11.9 Å². The number of hydrogen-bond donors (Lipinski definition) is 1. The molecule has 0 spiro atoms. The van der Waals surface area contributed by atoms with E-state index in [0.29, 0.717) is 12.1 Å². The second-order valence-corrected chi connectivity index (χ2v) is 6.38. The third-order valence-electron chi connectivity index (χ3n) is 4.66. The van der Waals surface area contributed by atoms with Gasteiger partial charge in [0, 0.05) is 17.5 Å². The molecule has 0 saturated carbocycles. The van der Waals surface area contributed by atoms with E-state index in [0.717, 1.165) is 40.8 Å². The Balaban J connectivity index is 1.88. The smallest absolute Gasteiger partial charge is 0.131 e. The molecule has 2 nitrogen and oxygen atoms in total. The van der Waals surface area contributed by atoms with Crippen LogP contribution in [-0.4, -0.2) is 12.6 Å². The van der Waals surface area contributed by atoms with E-state index in [1.54, 1.807) is 12.1 Å². The van der Waals surface area contributed by atoms with Gasteiger partial charge in [0.1, 0.15) is 17.7 Å². The summed E-state index contributed by atoms with van der Waals surface area (Å²) in [4.78, 5) is 0. The van der Waals surface area contributed by atoms with E-state index in [9.17, 15) is 4.39 Å². The van der Waals surface area contributed by atoms with Gasteiger partial charge in [0.25, 0.3) is 0 Å². The summed E-state index contributed by atoms with van der Waals surface area (Å²) in [5.41, 5.74) is 10.4. The SMILES string of the molecule is NCCC1Cc2cc(-c3ccccc3)cc(-c3ccccc3F)c2O1. The Kier molecular flexibility index (Phi) is 4.24. The maximum absolute atomic E-state index is 14.4. The number of halogens is 1. The molecule has 0 aromatic heterocycles. The highest BCUT2D eigenvalue weighted by atomic mass is 19.1. The highest BCUT2D eigenvalue weighted by molar-refractivity contribution is 5.80. The first-order valence-electron chi connectivity index (χ1n) is 8.60. The molecule has 126 valence electrons. The fraction of sp³-hybridized carbons (Fsp3) is 0.182. The molecule has 1 aliphatic rings. The topological polar surface area (TPSA) is 35.2 Å². The van der Waals surface area contributed by atoms with Crippen LogP contribution in [0.2, 0.25) is 0 Å². The molecule has 0 amide bonds. The zero-order chi connectivity index (χ0) is 17.2. The second kappa shape index (κ2) is 6.69. The zero-order valence-electron chi connectivity index (χ0n) is 13.9. The summed E-state index contributed by atoms with van der Waals surface area (Å²) in [7, 11) is 0. The molecule has 2 N–H and O–H groups in total. The molecule has 0 bridgehead atoms. The van der Waals surface area contributed by atoms with Crippen LogP contribution < -0.4 is 10.5 Å². The minimum absolute atomic E-state index is 0.0662. The van der Waals surface area contributed by atoms with Gasteiger partial charge in [0.2, 0.25) is 0 Å². The maximum Gasteiger partial charge on any atom is 0.131 e. The third-order valence-corrected chi connectivity index (χ3v) is 4.66. The molecule has 0 aliphatic carbocycles. The molecule has 3 aromatic rings. The van der Waals surface area contributed by atoms with Crippen LogP contribution in [0.3, 0.4) is 0 Å². The second-order valence-electron chi connectivity index (χ2n) is 6.38. The lowest BCUT2D eigenvalue weighted by atomic mass is 9.94. The van der Waals surface area contributed by atoms with Crippen molar-refractivity contribution < 1.29 is 9.13 Å². The van der Waals surface area contributed by atoms with Crippen LogP contribution in [0, 0.1) is 5.82 Å². The number of hydrogen-bond acceptors (Lipinski definition) is 2. The van der Waals surface area contributed by atoms with Crippen molar-refractivity contribution in [1.29, 1.82) is 0 Å². The molecule has 0 fully saturated rings. The number of ether oxygens (including phenoxy) is 1. The van der Waals surface area contributed by atoms with Crippen molar-refractivity contribution in [3.63, 3.8) is 0 Å². The van der Waals surface area contributed by atoms with Crippen LogP contribution in [0.4, 0.5) is 4.39 Å². The lowest BCUT2D eigenvalue weighted by Crippen LogP contribution is -2.17. The van der Waals surface area contributed by atoms with Gasteiger partial charge in [-0.25, -0.2) is 4.39 Å². The van der Waals surface area contributed by atoms with Gasteiger partial charge in [-0.3, -0.25) is 0 Å². The van der Waals surface area contributed by atoms with Crippen molar-refractivity contribution in [2.75, 3.05) is 6.54 Å². The Morgan fingerprint density at radius 2 is 1.68 bits per heavy atom. The maximum atomic E-state index is 14.4.